The lowest BCUT2D eigenvalue weighted by molar-refractivity contribution is -0.142. The van der Waals surface area contributed by atoms with Crippen molar-refractivity contribution in [2.75, 3.05) is 0 Å². The molecule has 19 heavy (non-hydrogen) atoms. The molecule has 0 aromatic heterocycles. The minimum absolute atomic E-state index is 0.0571. The van der Waals surface area contributed by atoms with Gasteiger partial charge in [0, 0.05) is 6.92 Å². The van der Waals surface area contributed by atoms with Crippen molar-refractivity contribution in [3.05, 3.63) is 59.7 Å². The second-order valence-electron chi connectivity index (χ2n) is 4.33. The Morgan fingerprint density at radius 3 is 1.84 bits per heavy atom. The molecule has 0 amide bonds. The second kappa shape index (κ2) is 6.16. The maximum Gasteiger partial charge on any atom is 0.302 e. The molecule has 0 aliphatic carbocycles. The SMILES string of the molecule is CC(=O)OCc1ccc(-c2ccc(CO)cc2)cc1. The lowest BCUT2D eigenvalue weighted by Crippen LogP contribution is -1.98. The van der Waals surface area contributed by atoms with Gasteiger partial charge < -0.3 is 9.84 Å². The molecule has 3 nitrogen and oxygen atoms in total. The predicted octanol–water partition coefficient (Wildman–Crippen LogP) is 2.91. The number of carbonyl (C=O) groups is 1. The van der Waals surface area contributed by atoms with Gasteiger partial charge in [-0.2, -0.15) is 0 Å². The molecule has 0 bridgehead atoms. The van der Waals surface area contributed by atoms with E-state index in [1.165, 1.54) is 6.92 Å². The molecule has 0 heterocycles. The smallest absolute Gasteiger partial charge is 0.302 e. The molecule has 2 rings (SSSR count). The van der Waals surface area contributed by atoms with E-state index < -0.39 is 0 Å². The van der Waals surface area contributed by atoms with Gasteiger partial charge in [-0.1, -0.05) is 48.5 Å². The van der Waals surface area contributed by atoms with Gasteiger partial charge in [-0.25, -0.2) is 0 Å². The molecule has 0 radical (unpaired) electrons. The van der Waals surface area contributed by atoms with E-state index in [0.717, 1.165) is 22.3 Å². The minimum atomic E-state index is -0.274. The summed E-state index contributed by atoms with van der Waals surface area (Å²) in [6, 6.07) is 15.6. The van der Waals surface area contributed by atoms with Gasteiger partial charge in [0.15, 0.2) is 0 Å². The van der Waals surface area contributed by atoms with Crippen molar-refractivity contribution in [2.45, 2.75) is 20.1 Å². The number of hydrogen-bond acceptors (Lipinski definition) is 3. The molecule has 2 aromatic carbocycles. The molecule has 0 saturated carbocycles. The summed E-state index contributed by atoms with van der Waals surface area (Å²) in [7, 11) is 0. The maximum absolute atomic E-state index is 10.7. The van der Waals surface area contributed by atoms with E-state index in [1.54, 1.807) is 0 Å². The molecule has 0 saturated heterocycles. The molecule has 98 valence electrons. The Hall–Kier alpha value is -2.13. The highest BCUT2D eigenvalue weighted by molar-refractivity contribution is 5.66. The van der Waals surface area contributed by atoms with Crippen molar-refractivity contribution >= 4 is 5.97 Å². The van der Waals surface area contributed by atoms with Crippen LogP contribution in [0.2, 0.25) is 0 Å². The van der Waals surface area contributed by atoms with E-state index in [0.29, 0.717) is 6.61 Å². The van der Waals surface area contributed by atoms with Crippen LogP contribution in [0.3, 0.4) is 0 Å². The molecular weight excluding hydrogens is 240 g/mol. The number of rotatable bonds is 4. The summed E-state index contributed by atoms with van der Waals surface area (Å²) in [5, 5.41) is 9.00. The van der Waals surface area contributed by atoms with E-state index in [-0.39, 0.29) is 12.6 Å². The highest BCUT2D eigenvalue weighted by Crippen LogP contribution is 2.20. The van der Waals surface area contributed by atoms with Gasteiger partial charge in [0.2, 0.25) is 0 Å². The molecule has 0 fully saturated rings. The average molecular weight is 256 g/mol. The van der Waals surface area contributed by atoms with Gasteiger partial charge in [0.1, 0.15) is 6.61 Å². The molecule has 0 aliphatic rings. The summed E-state index contributed by atoms with van der Waals surface area (Å²) in [5.41, 5.74) is 4.05. The summed E-state index contributed by atoms with van der Waals surface area (Å²) in [6.07, 6.45) is 0. The van der Waals surface area contributed by atoms with Gasteiger partial charge in [-0.05, 0) is 22.3 Å². The second-order valence-corrected chi connectivity index (χ2v) is 4.33. The zero-order chi connectivity index (χ0) is 13.7. The lowest BCUT2D eigenvalue weighted by atomic mass is 10.0. The van der Waals surface area contributed by atoms with Crippen LogP contribution in [0.25, 0.3) is 11.1 Å². The number of ether oxygens (including phenoxy) is 1. The number of esters is 1. The fourth-order valence-corrected chi connectivity index (χ4v) is 1.78. The summed E-state index contributed by atoms with van der Waals surface area (Å²) in [6.45, 7) is 1.76. The van der Waals surface area contributed by atoms with Crippen LogP contribution >= 0.6 is 0 Å². The first-order chi connectivity index (χ1) is 9.19. The van der Waals surface area contributed by atoms with E-state index in [2.05, 4.69) is 0 Å². The van der Waals surface area contributed by atoms with E-state index in [4.69, 9.17) is 9.84 Å². The molecule has 0 aliphatic heterocycles. The number of hydrogen-bond donors (Lipinski definition) is 1. The Bertz CT molecular complexity index is 541. The fourth-order valence-electron chi connectivity index (χ4n) is 1.78. The number of benzene rings is 2. The minimum Gasteiger partial charge on any atom is -0.461 e. The Balaban J connectivity index is 2.10. The molecule has 3 heteroatoms. The molecule has 0 unspecified atom stereocenters. The average Bonchev–Trinajstić information content (AvgIpc) is 2.46. The summed E-state index contributed by atoms with van der Waals surface area (Å²) in [4.78, 5) is 10.7. The number of aliphatic hydroxyl groups excluding tert-OH is 1. The van der Waals surface area contributed by atoms with Crippen LogP contribution in [0.5, 0.6) is 0 Å². The zero-order valence-corrected chi connectivity index (χ0v) is 10.8. The van der Waals surface area contributed by atoms with Crippen molar-refractivity contribution in [3.8, 4) is 11.1 Å². The van der Waals surface area contributed by atoms with Crippen molar-refractivity contribution in [1.82, 2.24) is 0 Å². The number of carbonyl (C=O) groups excluding carboxylic acids is 1. The van der Waals surface area contributed by atoms with Crippen LogP contribution in [0.15, 0.2) is 48.5 Å². The molecule has 2 aromatic rings. The molecular formula is C16H16O3. The van der Waals surface area contributed by atoms with Crippen molar-refractivity contribution < 1.29 is 14.6 Å². The van der Waals surface area contributed by atoms with Gasteiger partial charge in [-0.3, -0.25) is 4.79 Å². The first-order valence-electron chi connectivity index (χ1n) is 6.11. The third-order valence-corrected chi connectivity index (χ3v) is 2.87. The number of aliphatic hydroxyl groups is 1. The van der Waals surface area contributed by atoms with Crippen LogP contribution in [0.4, 0.5) is 0 Å². The molecule has 1 N–H and O–H groups in total. The van der Waals surface area contributed by atoms with Crippen LogP contribution in [0.1, 0.15) is 18.1 Å². The first-order valence-corrected chi connectivity index (χ1v) is 6.11. The Morgan fingerprint density at radius 2 is 1.42 bits per heavy atom. The quantitative estimate of drug-likeness (QED) is 0.855. The standard InChI is InChI=1S/C16H16O3/c1-12(18)19-11-14-4-8-16(9-5-14)15-6-2-13(10-17)3-7-15/h2-9,17H,10-11H2,1H3. The predicted molar refractivity (Wildman–Crippen MR) is 73.3 cm³/mol. The third kappa shape index (κ3) is 3.66. The monoisotopic (exact) mass is 256 g/mol. The van der Waals surface area contributed by atoms with E-state index >= 15 is 0 Å². The van der Waals surface area contributed by atoms with Crippen LogP contribution in [-0.4, -0.2) is 11.1 Å². The summed E-state index contributed by atoms with van der Waals surface area (Å²) in [5.74, 6) is -0.274. The summed E-state index contributed by atoms with van der Waals surface area (Å²) >= 11 is 0. The van der Waals surface area contributed by atoms with Crippen molar-refractivity contribution in [2.24, 2.45) is 0 Å². The zero-order valence-electron chi connectivity index (χ0n) is 10.8. The Morgan fingerprint density at radius 1 is 0.947 bits per heavy atom. The highest BCUT2D eigenvalue weighted by atomic mass is 16.5. The first kappa shape index (κ1) is 13.3. The summed E-state index contributed by atoms with van der Waals surface area (Å²) < 4.78 is 4.94. The fraction of sp³-hybridized carbons (Fsp3) is 0.188. The van der Waals surface area contributed by atoms with Crippen molar-refractivity contribution in [3.63, 3.8) is 0 Å². The van der Waals surface area contributed by atoms with Gasteiger partial charge in [-0.15, -0.1) is 0 Å². The molecule has 0 atom stereocenters. The highest BCUT2D eigenvalue weighted by Gasteiger charge is 2.00. The van der Waals surface area contributed by atoms with Crippen LogP contribution < -0.4 is 0 Å². The van der Waals surface area contributed by atoms with Crippen LogP contribution in [0, 0.1) is 0 Å². The van der Waals surface area contributed by atoms with E-state index in [1.807, 2.05) is 48.5 Å². The maximum atomic E-state index is 10.7. The van der Waals surface area contributed by atoms with Gasteiger partial charge in [0.05, 0.1) is 6.61 Å². The largest absolute Gasteiger partial charge is 0.461 e. The van der Waals surface area contributed by atoms with Gasteiger partial charge >= 0.3 is 5.97 Å². The van der Waals surface area contributed by atoms with E-state index in [9.17, 15) is 4.79 Å². The lowest BCUT2D eigenvalue weighted by Gasteiger charge is -2.05. The Labute approximate surface area is 112 Å². The van der Waals surface area contributed by atoms with Gasteiger partial charge in [0.25, 0.3) is 0 Å². The third-order valence-electron chi connectivity index (χ3n) is 2.87. The Kier molecular flexibility index (Phi) is 4.31. The van der Waals surface area contributed by atoms with Crippen LogP contribution in [-0.2, 0) is 22.7 Å². The topological polar surface area (TPSA) is 46.5 Å². The normalized spacial score (nSPS) is 10.2. The molecule has 0 spiro atoms. The van der Waals surface area contributed by atoms with Crippen molar-refractivity contribution in [1.29, 1.82) is 0 Å².